The van der Waals surface area contributed by atoms with Crippen LogP contribution in [0, 0.1) is 0 Å². The summed E-state index contributed by atoms with van der Waals surface area (Å²) in [6.07, 6.45) is -4.39. The molecule has 1 aromatic rings. The summed E-state index contributed by atoms with van der Waals surface area (Å²) in [7, 11) is 0. The summed E-state index contributed by atoms with van der Waals surface area (Å²) in [6, 6.07) is 2.92. The van der Waals surface area contributed by atoms with E-state index in [4.69, 9.17) is 4.74 Å². The first kappa shape index (κ1) is 9.82. The third-order valence-electron chi connectivity index (χ3n) is 1.95. The number of esters is 1. The zero-order chi connectivity index (χ0) is 11.1. The summed E-state index contributed by atoms with van der Waals surface area (Å²) in [5.41, 5.74) is -0.587. The first-order valence-electron chi connectivity index (χ1n) is 4.12. The van der Waals surface area contributed by atoms with Gasteiger partial charge in [0.25, 0.3) is 0 Å². The van der Waals surface area contributed by atoms with E-state index in [0.29, 0.717) is 0 Å². The van der Waals surface area contributed by atoms with Crippen LogP contribution in [0.15, 0.2) is 18.2 Å². The summed E-state index contributed by atoms with van der Waals surface area (Å²) < 4.78 is 41.6. The zero-order valence-electron chi connectivity index (χ0n) is 7.39. The molecule has 1 aromatic carbocycles. The van der Waals surface area contributed by atoms with Crippen molar-refractivity contribution in [1.29, 1.82) is 0 Å². The molecule has 3 nitrogen and oxygen atoms in total. The van der Waals surface area contributed by atoms with Gasteiger partial charge in [-0.3, -0.25) is 0 Å². The van der Waals surface area contributed by atoms with Gasteiger partial charge in [-0.1, -0.05) is 0 Å². The summed E-state index contributed by atoms with van der Waals surface area (Å²) in [6.45, 7) is -0.117. The molecule has 2 rings (SSSR count). The summed E-state index contributed by atoms with van der Waals surface area (Å²) in [4.78, 5) is 10.8. The Morgan fingerprint density at radius 1 is 1.33 bits per heavy atom. The van der Waals surface area contributed by atoms with Crippen molar-refractivity contribution in [1.82, 2.24) is 0 Å². The van der Waals surface area contributed by atoms with Crippen LogP contribution in [0.2, 0.25) is 0 Å². The third kappa shape index (κ3) is 1.88. The Labute approximate surface area is 82.8 Å². The second kappa shape index (κ2) is 3.15. The van der Waals surface area contributed by atoms with Crippen molar-refractivity contribution in [3.8, 4) is 5.75 Å². The molecule has 1 heterocycles. The predicted octanol–water partition coefficient (Wildman–Crippen LogP) is 2.04. The number of hydrogen-bond donors (Lipinski definition) is 1. The smallest absolute Gasteiger partial charge is 0.416 e. The molecule has 0 aromatic heterocycles. The molecule has 1 aliphatic heterocycles. The van der Waals surface area contributed by atoms with E-state index in [1.165, 1.54) is 0 Å². The number of carbonyl (C=O) groups excluding carboxylic acids is 1. The highest BCUT2D eigenvalue weighted by Crippen LogP contribution is 2.35. The summed E-state index contributed by atoms with van der Waals surface area (Å²) in [5.74, 6) is -0.387. The molecule has 80 valence electrons. The molecule has 6 heteroatoms. The highest BCUT2D eigenvalue weighted by molar-refractivity contribution is 5.83. The fourth-order valence-electron chi connectivity index (χ4n) is 1.26. The van der Waals surface area contributed by atoms with Crippen LogP contribution >= 0.6 is 0 Å². The monoisotopic (exact) mass is 217 g/mol. The van der Waals surface area contributed by atoms with Gasteiger partial charge in [-0.15, -0.1) is 0 Å². The Bertz CT molecular complexity index is 414. The standard InChI is InChI=1S/C9H6F3NO2/c10-9(11,12)5-1-2-7-6(3-5)13-4-8(14)15-7/h1-3,13H,4H2. The van der Waals surface area contributed by atoms with Crippen LogP contribution in [0.4, 0.5) is 18.9 Å². The SMILES string of the molecule is O=C1CNc2cc(C(F)(F)F)ccc2O1. The van der Waals surface area contributed by atoms with Gasteiger partial charge >= 0.3 is 12.1 Å². The van der Waals surface area contributed by atoms with Gasteiger partial charge in [0.2, 0.25) is 0 Å². The van der Waals surface area contributed by atoms with Gasteiger partial charge in [0, 0.05) is 0 Å². The van der Waals surface area contributed by atoms with Gasteiger partial charge in [0.15, 0.2) is 5.75 Å². The lowest BCUT2D eigenvalue weighted by Crippen LogP contribution is -2.25. The lowest BCUT2D eigenvalue weighted by molar-refractivity contribution is -0.137. The Hall–Kier alpha value is -1.72. The number of fused-ring (bicyclic) bond motifs is 1. The average molecular weight is 217 g/mol. The molecule has 0 spiro atoms. The molecule has 0 unspecified atom stereocenters. The minimum Gasteiger partial charge on any atom is -0.423 e. The third-order valence-corrected chi connectivity index (χ3v) is 1.95. The second-order valence-corrected chi connectivity index (χ2v) is 3.04. The van der Waals surface area contributed by atoms with Crippen molar-refractivity contribution >= 4 is 11.7 Å². The number of rotatable bonds is 0. The molecular weight excluding hydrogens is 211 g/mol. The zero-order valence-corrected chi connectivity index (χ0v) is 7.39. The van der Waals surface area contributed by atoms with E-state index in [1.54, 1.807) is 0 Å². The minimum absolute atomic E-state index is 0.117. The lowest BCUT2D eigenvalue weighted by Gasteiger charge is -2.18. The number of ether oxygens (including phenoxy) is 1. The molecule has 0 radical (unpaired) electrons. The van der Waals surface area contributed by atoms with Crippen LogP contribution in [0.1, 0.15) is 5.56 Å². The maximum absolute atomic E-state index is 12.3. The van der Waals surface area contributed by atoms with Crippen molar-refractivity contribution in [2.75, 3.05) is 11.9 Å². The number of benzene rings is 1. The van der Waals surface area contributed by atoms with Crippen LogP contribution in [-0.4, -0.2) is 12.5 Å². The number of alkyl halides is 3. The topological polar surface area (TPSA) is 38.3 Å². The molecule has 0 aliphatic carbocycles. The molecule has 15 heavy (non-hydrogen) atoms. The number of halogens is 3. The molecule has 1 N–H and O–H groups in total. The molecule has 0 atom stereocenters. The van der Waals surface area contributed by atoms with E-state index in [2.05, 4.69) is 5.32 Å². The van der Waals surface area contributed by atoms with E-state index in [0.717, 1.165) is 18.2 Å². The van der Waals surface area contributed by atoms with Crippen LogP contribution in [0.3, 0.4) is 0 Å². The fourth-order valence-corrected chi connectivity index (χ4v) is 1.26. The maximum atomic E-state index is 12.3. The molecule has 0 saturated carbocycles. The lowest BCUT2D eigenvalue weighted by atomic mass is 10.1. The average Bonchev–Trinajstić information content (AvgIpc) is 2.15. The molecule has 1 aliphatic rings. The molecular formula is C9H6F3NO2. The quantitative estimate of drug-likeness (QED) is 0.533. The van der Waals surface area contributed by atoms with Crippen molar-refractivity contribution < 1.29 is 22.7 Å². The Kier molecular flexibility index (Phi) is 2.06. The minimum atomic E-state index is -4.39. The van der Waals surface area contributed by atoms with Crippen LogP contribution in [0.25, 0.3) is 0 Å². The Balaban J connectivity index is 2.39. The number of anilines is 1. The Morgan fingerprint density at radius 2 is 2.07 bits per heavy atom. The number of nitrogens with one attached hydrogen (secondary N) is 1. The van der Waals surface area contributed by atoms with Gasteiger partial charge < -0.3 is 10.1 Å². The number of hydrogen-bond acceptors (Lipinski definition) is 3. The van der Waals surface area contributed by atoms with Gasteiger partial charge in [-0.05, 0) is 18.2 Å². The summed E-state index contributed by atoms with van der Waals surface area (Å²) in [5, 5.41) is 2.55. The van der Waals surface area contributed by atoms with Crippen LogP contribution < -0.4 is 10.1 Å². The largest absolute Gasteiger partial charge is 0.423 e. The van der Waals surface area contributed by atoms with E-state index < -0.39 is 17.7 Å². The Morgan fingerprint density at radius 3 is 2.73 bits per heavy atom. The number of carbonyl (C=O) groups is 1. The van der Waals surface area contributed by atoms with Crippen molar-refractivity contribution in [2.45, 2.75) is 6.18 Å². The van der Waals surface area contributed by atoms with E-state index in [1.807, 2.05) is 0 Å². The van der Waals surface area contributed by atoms with Crippen molar-refractivity contribution in [3.63, 3.8) is 0 Å². The first-order valence-corrected chi connectivity index (χ1v) is 4.12. The highest BCUT2D eigenvalue weighted by Gasteiger charge is 2.32. The molecule has 0 bridgehead atoms. The van der Waals surface area contributed by atoms with E-state index in [9.17, 15) is 18.0 Å². The van der Waals surface area contributed by atoms with Crippen molar-refractivity contribution in [3.05, 3.63) is 23.8 Å². The van der Waals surface area contributed by atoms with Gasteiger partial charge in [-0.25, -0.2) is 4.79 Å². The maximum Gasteiger partial charge on any atom is 0.416 e. The molecule has 0 fully saturated rings. The van der Waals surface area contributed by atoms with Crippen molar-refractivity contribution in [2.24, 2.45) is 0 Å². The molecule has 0 saturated heterocycles. The van der Waals surface area contributed by atoms with Gasteiger partial charge in [0.1, 0.15) is 6.54 Å². The highest BCUT2D eigenvalue weighted by atomic mass is 19.4. The predicted molar refractivity (Wildman–Crippen MR) is 45.6 cm³/mol. The molecule has 0 amide bonds. The van der Waals surface area contributed by atoms with Gasteiger partial charge in [0.05, 0.1) is 11.3 Å². The first-order chi connectivity index (χ1) is 6.97. The van der Waals surface area contributed by atoms with E-state index in [-0.39, 0.29) is 18.0 Å². The van der Waals surface area contributed by atoms with Crippen LogP contribution in [0.5, 0.6) is 5.75 Å². The van der Waals surface area contributed by atoms with Gasteiger partial charge in [-0.2, -0.15) is 13.2 Å². The summed E-state index contributed by atoms with van der Waals surface area (Å²) >= 11 is 0. The van der Waals surface area contributed by atoms with E-state index >= 15 is 0 Å². The fraction of sp³-hybridized carbons (Fsp3) is 0.222. The van der Waals surface area contributed by atoms with Crippen LogP contribution in [-0.2, 0) is 11.0 Å². The second-order valence-electron chi connectivity index (χ2n) is 3.04. The normalized spacial score (nSPS) is 15.3.